The molecule has 0 amide bonds. The van der Waals surface area contributed by atoms with Gasteiger partial charge in [0.15, 0.2) is 6.23 Å². The summed E-state index contributed by atoms with van der Waals surface area (Å²) in [5.74, 6) is 0.979. The van der Waals surface area contributed by atoms with Crippen LogP contribution in [0.15, 0.2) is 47.3 Å². The van der Waals surface area contributed by atoms with Gasteiger partial charge in [-0.05, 0) is 64.9 Å². The van der Waals surface area contributed by atoms with Crippen molar-refractivity contribution >= 4 is 49.5 Å². The molecule has 0 bridgehead atoms. The first kappa shape index (κ1) is 20.8. The first-order valence-corrected chi connectivity index (χ1v) is 11.6. The SMILES string of the molecule is Nc1nc2cc(C3CCC4(C3)OC(n3ccc5c(N)ncnc53)C(O)C4O)ccc2cc1Br. The van der Waals surface area contributed by atoms with E-state index < -0.39 is 24.0 Å². The monoisotopic (exact) mass is 510 g/mol. The van der Waals surface area contributed by atoms with Crippen molar-refractivity contribution in [2.24, 2.45) is 0 Å². The molecule has 1 aliphatic carbocycles. The van der Waals surface area contributed by atoms with E-state index in [9.17, 15) is 10.2 Å². The van der Waals surface area contributed by atoms with Crippen molar-refractivity contribution < 1.29 is 14.9 Å². The number of nitrogen functional groups attached to an aromatic ring is 2. The van der Waals surface area contributed by atoms with Gasteiger partial charge in [0.25, 0.3) is 0 Å². The van der Waals surface area contributed by atoms with E-state index in [1.54, 1.807) is 16.8 Å². The van der Waals surface area contributed by atoms with Gasteiger partial charge in [0.05, 0.1) is 15.4 Å². The van der Waals surface area contributed by atoms with Gasteiger partial charge < -0.3 is 31.0 Å². The van der Waals surface area contributed by atoms with Crippen LogP contribution in [0.25, 0.3) is 21.9 Å². The minimum atomic E-state index is -1.09. The quantitative estimate of drug-likeness (QED) is 0.322. The Morgan fingerprint density at radius 1 is 1.12 bits per heavy atom. The molecule has 0 radical (unpaired) electrons. The number of aromatic nitrogens is 4. The van der Waals surface area contributed by atoms with E-state index in [2.05, 4.69) is 43.0 Å². The summed E-state index contributed by atoms with van der Waals surface area (Å²) in [5.41, 5.74) is 13.6. The second-order valence-electron chi connectivity index (χ2n) is 8.98. The number of rotatable bonds is 2. The van der Waals surface area contributed by atoms with Crippen molar-refractivity contribution in [2.45, 2.75) is 49.2 Å². The molecule has 1 aliphatic heterocycles. The molecule has 4 aromatic rings. The molecule has 2 fully saturated rings. The number of aliphatic hydroxyl groups is 2. The molecule has 170 valence electrons. The molecule has 6 rings (SSSR count). The Labute approximate surface area is 197 Å². The number of hydrogen-bond acceptors (Lipinski definition) is 8. The van der Waals surface area contributed by atoms with Crippen LogP contribution in [0, 0.1) is 0 Å². The fourth-order valence-electron chi connectivity index (χ4n) is 5.39. The predicted octanol–water partition coefficient (Wildman–Crippen LogP) is 2.86. The number of fused-ring (bicyclic) bond motifs is 2. The molecule has 10 heteroatoms. The second kappa shape index (κ2) is 7.36. The van der Waals surface area contributed by atoms with Crippen LogP contribution in [-0.2, 0) is 4.74 Å². The van der Waals surface area contributed by atoms with Crippen LogP contribution in [0.5, 0.6) is 0 Å². The number of nitrogens with zero attached hydrogens (tertiary/aromatic N) is 4. The summed E-state index contributed by atoms with van der Waals surface area (Å²) in [6, 6.07) is 9.93. The molecule has 33 heavy (non-hydrogen) atoms. The molecular formula is C23H23BrN6O3. The van der Waals surface area contributed by atoms with Gasteiger partial charge in [0.1, 0.15) is 41.4 Å². The normalized spacial score (nSPS) is 29.5. The van der Waals surface area contributed by atoms with Gasteiger partial charge in [0.2, 0.25) is 0 Å². The Morgan fingerprint density at radius 2 is 1.97 bits per heavy atom. The molecule has 2 aliphatic rings. The van der Waals surface area contributed by atoms with Crippen LogP contribution >= 0.6 is 15.9 Å². The van der Waals surface area contributed by atoms with Crippen LogP contribution in [0.2, 0.25) is 0 Å². The summed E-state index contributed by atoms with van der Waals surface area (Å²) in [6.07, 6.45) is 2.33. The third kappa shape index (κ3) is 3.12. The number of hydrogen-bond donors (Lipinski definition) is 4. The molecule has 6 N–H and O–H groups in total. The van der Waals surface area contributed by atoms with Gasteiger partial charge in [-0.1, -0.05) is 12.1 Å². The van der Waals surface area contributed by atoms with Crippen molar-refractivity contribution in [1.29, 1.82) is 0 Å². The molecule has 5 unspecified atom stereocenters. The molecule has 1 aromatic carbocycles. The standard InChI is InChI=1S/C23H23BrN6O3/c24-15-7-12-2-1-11(8-16(12)29-20(15)26)13-3-5-23(9-13)18(32)17(31)22(33-23)30-6-4-14-19(25)27-10-28-21(14)30/h1-2,4,6-8,10,13,17-18,22,31-32H,3,5,9H2,(H2,26,29)(H2,25,27,28). The first-order chi connectivity index (χ1) is 15.9. The first-order valence-electron chi connectivity index (χ1n) is 10.8. The lowest BCUT2D eigenvalue weighted by Crippen LogP contribution is -2.40. The van der Waals surface area contributed by atoms with Crippen molar-refractivity contribution in [2.75, 3.05) is 11.5 Å². The minimum Gasteiger partial charge on any atom is -0.387 e. The lowest BCUT2D eigenvalue weighted by molar-refractivity contribution is -0.0987. The average Bonchev–Trinajstić information content (AvgIpc) is 3.48. The summed E-state index contributed by atoms with van der Waals surface area (Å²) < 4.78 is 8.92. The van der Waals surface area contributed by atoms with E-state index in [1.165, 1.54) is 6.33 Å². The summed E-state index contributed by atoms with van der Waals surface area (Å²) in [6.45, 7) is 0. The fraction of sp³-hybridized carbons (Fsp3) is 0.348. The zero-order valence-corrected chi connectivity index (χ0v) is 19.2. The molecule has 4 heterocycles. The van der Waals surface area contributed by atoms with Crippen molar-refractivity contribution in [3.63, 3.8) is 0 Å². The van der Waals surface area contributed by atoms with Crippen LogP contribution in [-0.4, -0.2) is 47.5 Å². The number of aliphatic hydroxyl groups excluding tert-OH is 2. The third-order valence-corrected chi connectivity index (χ3v) is 7.76. The largest absolute Gasteiger partial charge is 0.387 e. The van der Waals surface area contributed by atoms with Crippen LogP contribution in [0.4, 0.5) is 11.6 Å². The Balaban J connectivity index is 1.30. The number of benzene rings is 1. The number of ether oxygens (including phenoxy) is 1. The summed E-state index contributed by atoms with van der Waals surface area (Å²) in [5, 5.41) is 23.7. The third-order valence-electron chi connectivity index (χ3n) is 7.13. The van der Waals surface area contributed by atoms with Crippen LogP contribution < -0.4 is 11.5 Å². The number of anilines is 2. The smallest absolute Gasteiger partial charge is 0.164 e. The van der Waals surface area contributed by atoms with Gasteiger partial charge in [-0.2, -0.15) is 0 Å². The Morgan fingerprint density at radius 3 is 2.82 bits per heavy atom. The van der Waals surface area contributed by atoms with E-state index in [1.807, 2.05) is 12.1 Å². The van der Waals surface area contributed by atoms with Gasteiger partial charge in [0, 0.05) is 11.6 Å². The Hall–Kier alpha value is -2.79. The number of halogens is 1. The minimum absolute atomic E-state index is 0.168. The van der Waals surface area contributed by atoms with Gasteiger partial charge in [-0.3, -0.25) is 0 Å². The van der Waals surface area contributed by atoms with Gasteiger partial charge >= 0.3 is 0 Å². The molecule has 3 aromatic heterocycles. The van der Waals surface area contributed by atoms with Gasteiger partial charge in [-0.25, -0.2) is 15.0 Å². The van der Waals surface area contributed by atoms with E-state index in [-0.39, 0.29) is 5.92 Å². The molecular weight excluding hydrogens is 488 g/mol. The topological polar surface area (TPSA) is 145 Å². The maximum absolute atomic E-state index is 11.1. The van der Waals surface area contributed by atoms with Crippen molar-refractivity contribution in [1.82, 2.24) is 19.5 Å². The lowest BCUT2D eigenvalue weighted by Gasteiger charge is -2.27. The highest BCUT2D eigenvalue weighted by Crippen LogP contribution is 2.52. The lowest BCUT2D eigenvalue weighted by atomic mass is 9.90. The van der Waals surface area contributed by atoms with E-state index in [0.717, 1.165) is 27.4 Å². The molecule has 5 atom stereocenters. The van der Waals surface area contributed by atoms with Crippen LogP contribution in [0.1, 0.15) is 37.0 Å². The highest BCUT2D eigenvalue weighted by atomic mass is 79.9. The number of pyridine rings is 1. The maximum Gasteiger partial charge on any atom is 0.164 e. The van der Waals surface area contributed by atoms with E-state index in [0.29, 0.717) is 35.5 Å². The second-order valence-corrected chi connectivity index (χ2v) is 9.83. The average molecular weight is 511 g/mol. The molecule has 1 saturated heterocycles. The highest BCUT2D eigenvalue weighted by molar-refractivity contribution is 9.10. The molecule has 1 saturated carbocycles. The number of nitrogens with two attached hydrogens (primary N) is 2. The van der Waals surface area contributed by atoms with E-state index >= 15 is 0 Å². The zero-order chi connectivity index (χ0) is 22.9. The molecule has 9 nitrogen and oxygen atoms in total. The predicted molar refractivity (Wildman–Crippen MR) is 127 cm³/mol. The van der Waals surface area contributed by atoms with E-state index in [4.69, 9.17) is 16.2 Å². The van der Waals surface area contributed by atoms with Crippen LogP contribution in [0.3, 0.4) is 0 Å². The maximum atomic E-state index is 11.1. The molecule has 1 spiro atoms. The van der Waals surface area contributed by atoms with Gasteiger partial charge in [-0.15, -0.1) is 0 Å². The fourth-order valence-corrected chi connectivity index (χ4v) is 5.73. The summed E-state index contributed by atoms with van der Waals surface area (Å²) in [4.78, 5) is 12.8. The van der Waals surface area contributed by atoms with Crippen molar-refractivity contribution in [3.05, 3.63) is 52.9 Å². The summed E-state index contributed by atoms with van der Waals surface area (Å²) >= 11 is 3.42. The Bertz CT molecular complexity index is 1390. The van der Waals surface area contributed by atoms with Crippen molar-refractivity contribution in [3.8, 4) is 0 Å². The highest BCUT2D eigenvalue weighted by Gasteiger charge is 2.57. The zero-order valence-electron chi connectivity index (χ0n) is 17.6. The Kier molecular flexibility index (Phi) is 4.64. The summed E-state index contributed by atoms with van der Waals surface area (Å²) in [7, 11) is 0.